The zero-order valence-corrected chi connectivity index (χ0v) is 9.23. The molecule has 0 bridgehead atoms. The molecule has 1 saturated heterocycles. The molecule has 0 aromatic heterocycles. The number of nitrogens with one attached hydrogen (secondary N) is 1. The molecule has 1 nitrogen and oxygen atoms in total. The zero-order chi connectivity index (χ0) is 9.43. The Balaban J connectivity index is 1.59. The van der Waals surface area contributed by atoms with E-state index in [-0.39, 0.29) is 0 Å². The van der Waals surface area contributed by atoms with Crippen LogP contribution in [0.1, 0.15) is 51.4 Å². The summed E-state index contributed by atoms with van der Waals surface area (Å²) in [5.41, 5.74) is 0.841. The van der Waals surface area contributed by atoms with Crippen LogP contribution in [0.2, 0.25) is 0 Å². The molecule has 2 saturated carbocycles. The van der Waals surface area contributed by atoms with E-state index in [1.165, 1.54) is 45.2 Å². The lowest BCUT2D eigenvalue weighted by Gasteiger charge is -2.28. The van der Waals surface area contributed by atoms with Crippen molar-refractivity contribution in [2.45, 2.75) is 51.4 Å². The van der Waals surface area contributed by atoms with Gasteiger partial charge in [-0.2, -0.15) is 0 Å². The maximum Gasteiger partial charge on any atom is -0.00435 e. The van der Waals surface area contributed by atoms with Crippen LogP contribution in [0.15, 0.2) is 0 Å². The quantitative estimate of drug-likeness (QED) is 0.675. The molecule has 1 heterocycles. The van der Waals surface area contributed by atoms with Gasteiger partial charge in [0.15, 0.2) is 0 Å². The minimum Gasteiger partial charge on any atom is -0.317 e. The second kappa shape index (κ2) is 3.52. The normalized spacial score (nSPS) is 37.3. The topological polar surface area (TPSA) is 12.0 Å². The van der Waals surface area contributed by atoms with Crippen LogP contribution < -0.4 is 5.32 Å². The van der Waals surface area contributed by atoms with Crippen LogP contribution in [0.3, 0.4) is 0 Å². The molecule has 1 atom stereocenters. The van der Waals surface area contributed by atoms with Crippen molar-refractivity contribution in [2.24, 2.45) is 17.3 Å². The van der Waals surface area contributed by atoms with Crippen molar-refractivity contribution < 1.29 is 0 Å². The summed E-state index contributed by atoms with van der Waals surface area (Å²) in [6.07, 6.45) is 12.2. The van der Waals surface area contributed by atoms with Gasteiger partial charge in [0.05, 0.1) is 0 Å². The fourth-order valence-electron chi connectivity index (χ4n) is 4.08. The molecule has 1 aliphatic heterocycles. The Morgan fingerprint density at radius 2 is 1.64 bits per heavy atom. The van der Waals surface area contributed by atoms with E-state index in [0.717, 1.165) is 17.3 Å². The van der Waals surface area contributed by atoms with E-state index >= 15 is 0 Å². The highest BCUT2D eigenvalue weighted by molar-refractivity contribution is 5.06. The average molecular weight is 193 g/mol. The molecule has 0 amide bonds. The summed E-state index contributed by atoms with van der Waals surface area (Å²) in [6.45, 7) is 2.59. The van der Waals surface area contributed by atoms with Crippen LogP contribution in [-0.2, 0) is 0 Å². The number of piperidine rings is 1. The Labute approximate surface area is 87.7 Å². The smallest absolute Gasteiger partial charge is 0.00435 e. The molecule has 0 aromatic rings. The maximum absolute atomic E-state index is 3.50. The zero-order valence-electron chi connectivity index (χ0n) is 9.23. The van der Waals surface area contributed by atoms with Crippen molar-refractivity contribution in [3.8, 4) is 0 Å². The van der Waals surface area contributed by atoms with Gasteiger partial charge in [0, 0.05) is 0 Å². The predicted octanol–water partition coefficient (Wildman–Crippen LogP) is 2.96. The van der Waals surface area contributed by atoms with Gasteiger partial charge in [0.2, 0.25) is 0 Å². The van der Waals surface area contributed by atoms with Crippen molar-refractivity contribution >= 4 is 0 Å². The fraction of sp³-hybridized carbons (Fsp3) is 1.00. The third-order valence-electron chi connectivity index (χ3n) is 5.07. The Bertz CT molecular complexity index is 199. The molecule has 1 N–H and O–H groups in total. The second-order valence-corrected chi connectivity index (χ2v) is 5.82. The molecule has 3 aliphatic rings. The van der Waals surface area contributed by atoms with Gasteiger partial charge in [0.25, 0.3) is 0 Å². The van der Waals surface area contributed by atoms with Crippen LogP contribution in [0.5, 0.6) is 0 Å². The molecule has 1 heteroatoms. The Hall–Kier alpha value is -0.0400. The second-order valence-electron chi connectivity index (χ2n) is 5.82. The van der Waals surface area contributed by atoms with Gasteiger partial charge in [-0.25, -0.2) is 0 Å². The molecule has 14 heavy (non-hydrogen) atoms. The lowest BCUT2D eigenvalue weighted by molar-refractivity contribution is 0.241. The summed E-state index contributed by atoms with van der Waals surface area (Å²) >= 11 is 0. The highest BCUT2D eigenvalue weighted by Crippen LogP contribution is 2.63. The first kappa shape index (κ1) is 9.21. The largest absolute Gasteiger partial charge is 0.317 e. The molecule has 0 aromatic carbocycles. The number of rotatable bonds is 1. The van der Waals surface area contributed by atoms with Crippen molar-refractivity contribution in [1.82, 2.24) is 5.32 Å². The third kappa shape index (κ3) is 1.50. The summed E-state index contributed by atoms with van der Waals surface area (Å²) in [7, 11) is 0. The third-order valence-corrected chi connectivity index (χ3v) is 5.07. The first-order valence-electron chi connectivity index (χ1n) is 6.61. The summed E-state index contributed by atoms with van der Waals surface area (Å²) in [6, 6.07) is 0. The van der Waals surface area contributed by atoms with Crippen molar-refractivity contribution in [3.05, 3.63) is 0 Å². The van der Waals surface area contributed by atoms with Gasteiger partial charge >= 0.3 is 0 Å². The molecule has 3 fully saturated rings. The SMILES string of the molecule is C1CCC(C2CC23CCNCC3)CC1. The Kier molecular flexibility index (Phi) is 2.31. The minimum atomic E-state index is 0.841. The summed E-state index contributed by atoms with van der Waals surface area (Å²) in [5, 5.41) is 3.50. The van der Waals surface area contributed by atoms with E-state index in [9.17, 15) is 0 Å². The summed E-state index contributed by atoms with van der Waals surface area (Å²) in [4.78, 5) is 0. The van der Waals surface area contributed by atoms with Crippen LogP contribution in [0.25, 0.3) is 0 Å². The van der Waals surface area contributed by atoms with Crippen LogP contribution in [0.4, 0.5) is 0 Å². The Morgan fingerprint density at radius 1 is 0.929 bits per heavy atom. The van der Waals surface area contributed by atoms with Crippen molar-refractivity contribution in [2.75, 3.05) is 13.1 Å². The number of hydrogen-bond acceptors (Lipinski definition) is 1. The van der Waals surface area contributed by atoms with Crippen molar-refractivity contribution in [3.63, 3.8) is 0 Å². The van der Waals surface area contributed by atoms with Gasteiger partial charge in [-0.15, -0.1) is 0 Å². The molecule has 2 aliphatic carbocycles. The lowest BCUT2D eigenvalue weighted by Crippen LogP contribution is -2.30. The highest BCUT2D eigenvalue weighted by atomic mass is 14.9. The first-order valence-corrected chi connectivity index (χ1v) is 6.61. The van der Waals surface area contributed by atoms with E-state index in [1.54, 1.807) is 19.3 Å². The van der Waals surface area contributed by atoms with E-state index < -0.39 is 0 Å². The monoisotopic (exact) mass is 193 g/mol. The minimum absolute atomic E-state index is 0.841. The van der Waals surface area contributed by atoms with E-state index in [0.29, 0.717) is 0 Å². The van der Waals surface area contributed by atoms with Crippen LogP contribution in [0, 0.1) is 17.3 Å². The summed E-state index contributed by atoms with van der Waals surface area (Å²) < 4.78 is 0. The van der Waals surface area contributed by atoms with Gasteiger partial charge < -0.3 is 5.32 Å². The van der Waals surface area contributed by atoms with Crippen molar-refractivity contribution in [1.29, 1.82) is 0 Å². The lowest BCUT2D eigenvalue weighted by atomic mass is 9.80. The van der Waals surface area contributed by atoms with E-state index in [4.69, 9.17) is 0 Å². The van der Waals surface area contributed by atoms with E-state index in [2.05, 4.69) is 5.32 Å². The molecule has 80 valence electrons. The van der Waals surface area contributed by atoms with Gasteiger partial charge in [-0.1, -0.05) is 32.1 Å². The molecular formula is C13H23N. The van der Waals surface area contributed by atoms with E-state index in [1.807, 2.05) is 0 Å². The van der Waals surface area contributed by atoms with Gasteiger partial charge in [-0.3, -0.25) is 0 Å². The predicted molar refractivity (Wildman–Crippen MR) is 59.2 cm³/mol. The standard InChI is InChI=1S/C13H23N/c1-2-4-11(5-3-1)12-10-13(12)6-8-14-9-7-13/h11-12,14H,1-10H2. The Morgan fingerprint density at radius 3 is 2.36 bits per heavy atom. The average Bonchev–Trinajstić information content (AvgIpc) is 2.95. The summed E-state index contributed by atoms with van der Waals surface area (Å²) in [5.74, 6) is 2.27. The van der Waals surface area contributed by atoms with Gasteiger partial charge in [-0.05, 0) is 49.6 Å². The highest BCUT2D eigenvalue weighted by Gasteiger charge is 2.56. The molecule has 1 unspecified atom stereocenters. The van der Waals surface area contributed by atoms with Crippen LogP contribution >= 0.6 is 0 Å². The molecular weight excluding hydrogens is 170 g/mol. The first-order chi connectivity index (χ1) is 6.91. The molecule has 1 spiro atoms. The molecule has 3 rings (SSSR count). The van der Waals surface area contributed by atoms with Gasteiger partial charge in [0.1, 0.15) is 0 Å². The fourth-order valence-corrected chi connectivity index (χ4v) is 4.08. The maximum atomic E-state index is 3.50. The van der Waals surface area contributed by atoms with Crippen LogP contribution in [-0.4, -0.2) is 13.1 Å². The molecule has 0 radical (unpaired) electrons. The number of hydrogen-bond donors (Lipinski definition) is 1.